The minimum atomic E-state index is -0.801. The van der Waals surface area contributed by atoms with Crippen LogP contribution in [0, 0.1) is 0 Å². The molecular formula is C11H12N2O2. The van der Waals surface area contributed by atoms with Gasteiger partial charge in [-0.2, -0.15) is 0 Å². The third-order valence-corrected chi connectivity index (χ3v) is 2.43. The molecule has 0 bridgehead atoms. The van der Waals surface area contributed by atoms with Gasteiger partial charge in [-0.15, -0.1) is 0 Å². The lowest BCUT2D eigenvalue weighted by Gasteiger charge is -2.01. The minimum absolute atomic E-state index is 0.0753. The predicted octanol–water partition coefficient (Wildman–Crippen LogP) is 1.31. The molecule has 0 aromatic heterocycles. The first-order valence-electron chi connectivity index (χ1n) is 4.75. The topological polar surface area (TPSA) is 61.7 Å². The Kier molecular flexibility index (Phi) is 2.41. The van der Waals surface area contributed by atoms with Gasteiger partial charge in [0.15, 0.2) is 0 Å². The molecule has 2 N–H and O–H groups in total. The molecule has 1 aromatic rings. The lowest BCUT2D eigenvalue weighted by Crippen LogP contribution is -2.04. The van der Waals surface area contributed by atoms with E-state index < -0.39 is 5.97 Å². The number of amidine groups is 1. The number of nitrogens with one attached hydrogen (secondary N) is 1. The fourth-order valence-corrected chi connectivity index (χ4v) is 1.71. The Morgan fingerprint density at radius 1 is 1.60 bits per heavy atom. The molecule has 1 aliphatic rings. The van der Waals surface area contributed by atoms with E-state index in [1.54, 1.807) is 7.05 Å². The number of benzene rings is 1. The second-order valence-corrected chi connectivity index (χ2v) is 3.53. The largest absolute Gasteiger partial charge is 0.481 e. The number of carbonyl (C=O) groups is 1. The van der Waals surface area contributed by atoms with Gasteiger partial charge in [-0.1, -0.05) is 12.1 Å². The highest BCUT2D eigenvalue weighted by Crippen LogP contribution is 2.24. The van der Waals surface area contributed by atoms with Crippen LogP contribution in [0.5, 0.6) is 0 Å². The fraction of sp³-hybridized carbons (Fsp3) is 0.273. The Morgan fingerprint density at radius 2 is 2.40 bits per heavy atom. The maximum Gasteiger partial charge on any atom is 0.307 e. The average Bonchev–Trinajstić information content (AvgIpc) is 2.58. The molecule has 0 spiro atoms. The van der Waals surface area contributed by atoms with Crippen molar-refractivity contribution in [3.05, 3.63) is 29.3 Å². The van der Waals surface area contributed by atoms with Crippen molar-refractivity contribution in [3.8, 4) is 0 Å². The Morgan fingerprint density at radius 3 is 3.07 bits per heavy atom. The maximum absolute atomic E-state index is 10.6. The summed E-state index contributed by atoms with van der Waals surface area (Å²) < 4.78 is 0. The predicted molar refractivity (Wildman–Crippen MR) is 58.5 cm³/mol. The third kappa shape index (κ3) is 1.98. The fourth-order valence-electron chi connectivity index (χ4n) is 1.71. The van der Waals surface area contributed by atoms with E-state index in [-0.39, 0.29) is 6.42 Å². The summed E-state index contributed by atoms with van der Waals surface area (Å²) in [6.45, 7) is 0. The summed E-state index contributed by atoms with van der Waals surface area (Å²) in [6.07, 6.45) is 0.838. The SMILES string of the molecule is CN=C1Cc2cc(CC(=O)O)ccc2N1. The molecule has 15 heavy (non-hydrogen) atoms. The highest BCUT2D eigenvalue weighted by Gasteiger charge is 2.15. The molecule has 0 aliphatic carbocycles. The molecule has 1 aromatic carbocycles. The van der Waals surface area contributed by atoms with Crippen LogP contribution in [-0.2, 0) is 17.6 Å². The number of hydrogen-bond donors (Lipinski definition) is 2. The molecule has 0 saturated carbocycles. The van der Waals surface area contributed by atoms with Gasteiger partial charge < -0.3 is 10.4 Å². The lowest BCUT2D eigenvalue weighted by atomic mass is 10.1. The second-order valence-electron chi connectivity index (χ2n) is 3.53. The van der Waals surface area contributed by atoms with Crippen LogP contribution in [-0.4, -0.2) is 24.0 Å². The molecule has 2 rings (SSSR count). The Labute approximate surface area is 87.7 Å². The van der Waals surface area contributed by atoms with Crippen LogP contribution >= 0.6 is 0 Å². The molecule has 4 nitrogen and oxygen atoms in total. The van der Waals surface area contributed by atoms with Crippen molar-refractivity contribution in [2.24, 2.45) is 4.99 Å². The highest BCUT2D eigenvalue weighted by molar-refractivity contribution is 6.03. The quantitative estimate of drug-likeness (QED) is 0.763. The molecule has 4 heteroatoms. The van der Waals surface area contributed by atoms with Crippen molar-refractivity contribution in [2.75, 3.05) is 12.4 Å². The van der Waals surface area contributed by atoms with Crippen molar-refractivity contribution in [2.45, 2.75) is 12.8 Å². The Bertz CT molecular complexity index is 438. The first kappa shape index (κ1) is 9.71. The van der Waals surface area contributed by atoms with E-state index in [2.05, 4.69) is 10.3 Å². The van der Waals surface area contributed by atoms with Crippen molar-refractivity contribution < 1.29 is 9.90 Å². The summed E-state index contributed by atoms with van der Waals surface area (Å²) in [4.78, 5) is 14.6. The minimum Gasteiger partial charge on any atom is -0.481 e. The van der Waals surface area contributed by atoms with Crippen LogP contribution < -0.4 is 5.32 Å². The molecule has 0 saturated heterocycles. The number of rotatable bonds is 2. The van der Waals surface area contributed by atoms with Crippen molar-refractivity contribution in [1.82, 2.24) is 0 Å². The van der Waals surface area contributed by atoms with Gasteiger partial charge in [0, 0.05) is 19.2 Å². The number of carboxylic acid groups (broad SMARTS) is 1. The van der Waals surface area contributed by atoms with Crippen molar-refractivity contribution in [3.63, 3.8) is 0 Å². The molecule has 0 fully saturated rings. The van der Waals surface area contributed by atoms with Gasteiger partial charge in [-0.05, 0) is 17.2 Å². The number of anilines is 1. The van der Waals surface area contributed by atoms with Crippen molar-refractivity contribution in [1.29, 1.82) is 0 Å². The number of hydrogen-bond acceptors (Lipinski definition) is 2. The first-order chi connectivity index (χ1) is 7.19. The summed E-state index contributed by atoms with van der Waals surface area (Å²) in [5.41, 5.74) is 2.99. The van der Waals surface area contributed by atoms with E-state index in [9.17, 15) is 4.79 Å². The van der Waals surface area contributed by atoms with E-state index >= 15 is 0 Å². The summed E-state index contributed by atoms with van der Waals surface area (Å²) in [5, 5.41) is 11.8. The molecule has 78 valence electrons. The van der Waals surface area contributed by atoms with Crippen LogP contribution in [0.1, 0.15) is 11.1 Å². The normalized spacial score (nSPS) is 16.2. The lowest BCUT2D eigenvalue weighted by molar-refractivity contribution is -0.136. The van der Waals surface area contributed by atoms with Gasteiger partial charge in [0.05, 0.1) is 6.42 Å². The van der Waals surface area contributed by atoms with Gasteiger partial charge in [0.1, 0.15) is 5.84 Å². The second kappa shape index (κ2) is 3.73. The van der Waals surface area contributed by atoms with Gasteiger partial charge in [0.25, 0.3) is 0 Å². The van der Waals surface area contributed by atoms with Crippen molar-refractivity contribution >= 4 is 17.5 Å². The monoisotopic (exact) mass is 204 g/mol. The van der Waals surface area contributed by atoms with Crippen LogP contribution in [0.15, 0.2) is 23.2 Å². The van der Waals surface area contributed by atoms with Crippen LogP contribution in [0.2, 0.25) is 0 Å². The number of carboxylic acids is 1. The number of nitrogens with zero attached hydrogens (tertiary/aromatic N) is 1. The average molecular weight is 204 g/mol. The zero-order valence-corrected chi connectivity index (χ0v) is 8.45. The van der Waals surface area contributed by atoms with E-state index in [4.69, 9.17) is 5.11 Å². The summed E-state index contributed by atoms with van der Waals surface area (Å²) in [7, 11) is 1.74. The molecular weight excluding hydrogens is 192 g/mol. The van der Waals surface area contributed by atoms with E-state index in [1.165, 1.54) is 0 Å². The standard InChI is InChI=1S/C11H12N2O2/c1-12-10-6-8-4-7(5-11(14)15)2-3-9(8)13-10/h2-4H,5-6H2,1H3,(H,12,13)(H,14,15). The molecule has 0 unspecified atom stereocenters. The molecule has 1 heterocycles. The number of aliphatic carboxylic acids is 1. The summed E-state index contributed by atoms with van der Waals surface area (Å²) in [6, 6.07) is 5.67. The Hall–Kier alpha value is -1.84. The van der Waals surface area contributed by atoms with E-state index in [0.717, 1.165) is 29.1 Å². The zero-order valence-electron chi connectivity index (χ0n) is 8.45. The van der Waals surface area contributed by atoms with Crippen LogP contribution in [0.3, 0.4) is 0 Å². The number of fused-ring (bicyclic) bond motifs is 1. The molecule has 0 amide bonds. The van der Waals surface area contributed by atoms with Gasteiger partial charge >= 0.3 is 5.97 Å². The van der Waals surface area contributed by atoms with Gasteiger partial charge in [-0.25, -0.2) is 0 Å². The molecule has 0 atom stereocenters. The van der Waals surface area contributed by atoms with Gasteiger partial charge in [0.2, 0.25) is 0 Å². The first-order valence-corrected chi connectivity index (χ1v) is 4.75. The summed E-state index contributed by atoms with van der Waals surface area (Å²) >= 11 is 0. The van der Waals surface area contributed by atoms with Crippen LogP contribution in [0.25, 0.3) is 0 Å². The number of aliphatic imine (C=N–C) groups is 1. The molecule has 0 radical (unpaired) electrons. The van der Waals surface area contributed by atoms with E-state index in [0.29, 0.717) is 0 Å². The Balaban J connectivity index is 2.26. The van der Waals surface area contributed by atoms with E-state index in [1.807, 2.05) is 18.2 Å². The smallest absolute Gasteiger partial charge is 0.307 e. The zero-order chi connectivity index (χ0) is 10.8. The third-order valence-electron chi connectivity index (χ3n) is 2.43. The molecule has 1 aliphatic heterocycles. The summed E-state index contributed by atoms with van der Waals surface area (Å²) in [5.74, 6) is 0.128. The highest BCUT2D eigenvalue weighted by atomic mass is 16.4. The van der Waals surface area contributed by atoms with Crippen LogP contribution in [0.4, 0.5) is 5.69 Å². The van der Waals surface area contributed by atoms with Gasteiger partial charge in [-0.3, -0.25) is 9.79 Å². The maximum atomic E-state index is 10.6.